The maximum absolute atomic E-state index is 13.6. The number of nitrogens with zero attached hydrogens (tertiary/aromatic N) is 6. The summed E-state index contributed by atoms with van der Waals surface area (Å²) < 4.78 is 11.0. The first-order chi connectivity index (χ1) is 15.7. The van der Waals surface area contributed by atoms with E-state index in [1.165, 1.54) is 4.80 Å². The molecule has 3 aromatic heterocycles. The minimum Gasteiger partial charge on any atom is -0.481 e. The second-order valence-corrected chi connectivity index (χ2v) is 7.67. The molecule has 1 aliphatic heterocycles. The molecule has 0 N–H and O–H groups in total. The summed E-state index contributed by atoms with van der Waals surface area (Å²) in [4.78, 5) is 21.2. The van der Waals surface area contributed by atoms with E-state index in [2.05, 4.69) is 20.3 Å². The number of aryl methyl sites for hydroxylation is 1. The molecule has 1 amide bonds. The van der Waals surface area contributed by atoms with E-state index in [-0.39, 0.29) is 11.9 Å². The number of rotatable bonds is 5. The van der Waals surface area contributed by atoms with Crippen LogP contribution in [0.1, 0.15) is 40.6 Å². The van der Waals surface area contributed by atoms with E-state index in [0.29, 0.717) is 35.1 Å². The SMILES string of the molecule is COc1ncccc1-c1cc(C2CCCN2C(=O)c2cc(C)ccc2-n2nccn2)on1. The van der Waals surface area contributed by atoms with Crippen LogP contribution in [0.5, 0.6) is 5.88 Å². The van der Waals surface area contributed by atoms with E-state index in [4.69, 9.17) is 9.26 Å². The molecule has 0 radical (unpaired) electrons. The van der Waals surface area contributed by atoms with Crippen molar-refractivity contribution in [2.24, 2.45) is 0 Å². The Hall–Kier alpha value is -4.01. The number of ether oxygens (including phenoxy) is 1. The molecule has 0 bridgehead atoms. The molecule has 5 rings (SSSR count). The summed E-state index contributed by atoms with van der Waals surface area (Å²) in [6.45, 7) is 2.60. The van der Waals surface area contributed by atoms with Crippen molar-refractivity contribution in [1.82, 2.24) is 30.0 Å². The van der Waals surface area contributed by atoms with Gasteiger partial charge in [-0.05, 0) is 44.0 Å². The Morgan fingerprint density at radius 2 is 2.00 bits per heavy atom. The summed E-state index contributed by atoms with van der Waals surface area (Å²) in [5.74, 6) is 1.03. The van der Waals surface area contributed by atoms with Crippen molar-refractivity contribution in [2.75, 3.05) is 13.7 Å². The fourth-order valence-corrected chi connectivity index (χ4v) is 4.12. The zero-order valence-electron chi connectivity index (χ0n) is 17.8. The summed E-state index contributed by atoms with van der Waals surface area (Å²) in [6.07, 6.45) is 6.52. The molecule has 162 valence electrons. The predicted octanol–water partition coefficient (Wildman–Crippen LogP) is 3.61. The normalized spacial score (nSPS) is 15.8. The van der Waals surface area contributed by atoms with Gasteiger partial charge in [0.1, 0.15) is 5.69 Å². The quantitative estimate of drug-likeness (QED) is 0.477. The van der Waals surface area contributed by atoms with Gasteiger partial charge in [0, 0.05) is 18.8 Å². The molecular formula is C23H22N6O3. The van der Waals surface area contributed by atoms with Crippen molar-refractivity contribution in [2.45, 2.75) is 25.8 Å². The third kappa shape index (κ3) is 3.51. The number of pyridine rings is 1. The van der Waals surface area contributed by atoms with Gasteiger partial charge in [-0.3, -0.25) is 4.79 Å². The molecule has 4 heterocycles. The van der Waals surface area contributed by atoms with Crippen molar-refractivity contribution in [3.8, 4) is 22.8 Å². The molecular weight excluding hydrogens is 408 g/mol. The van der Waals surface area contributed by atoms with Crippen LogP contribution >= 0.6 is 0 Å². The number of amides is 1. The Labute approximate surface area is 184 Å². The van der Waals surface area contributed by atoms with E-state index in [9.17, 15) is 4.79 Å². The molecule has 0 saturated carbocycles. The van der Waals surface area contributed by atoms with Crippen LogP contribution in [-0.2, 0) is 0 Å². The van der Waals surface area contributed by atoms with Gasteiger partial charge in [0.25, 0.3) is 5.91 Å². The molecule has 0 aliphatic carbocycles. The molecule has 1 atom stereocenters. The topological polar surface area (TPSA) is 99.2 Å². The van der Waals surface area contributed by atoms with Crippen LogP contribution in [0.25, 0.3) is 16.9 Å². The first-order valence-corrected chi connectivity index (χ1v) is 10.4. The third-order valence-electron chi connectivity index (χ3n) is 5.63. The molecule has 1 saturated heterocycles. The van der Waals surface area contributed by atoms with Gasteiger partial charge in [0.05, 0.1) is 42.4 Å². The molecule has 1 fully saturated rings. The van der Waals surface area contributed by atoms with Crippen LogP contribution in [0.2, 0.25) is 0 Å². The first kappa shape index (κ1) is 19.9. The molecule has 9 heteroatoms. The molecule has 0 spiro atoms. The zero-order chi connectivity index (χ0) is 22.1. The van der Waals surface area contributed by atoms with Gasteiger partial charge in [-0.15, -0.1) is 0 Å². The maximum Gasteiger partial charge on any atom is 0.256 e. The van der Waals surface area contributed by atoms with Crippen LogP contribution in [0.15, 0.2) is 59.5 Å². The van der Waals surface area contributed by atoms with E-state index in [1.807, 2.05) is 48.2 Å². The van der Waals surface area contributed by atoms with Gasteiger partial charge in [-0.1, -0.05) is 16.8 Å². The van der Waals surface area contributed by atoms with Gasteiger partial charge < -0.3 is 14.2 Å². The van der Waals surface area contributed by atoms with E-state index < -0.39 is 0 Å². The highest BCUT2D eigenvalue weighted by atomic mass is 16.5. The van der Waals surface area contributed by atoms with Gasteiger partial charge in [-0.25, -0.2) is 4.98 Å². The van der Waals surface area contributed by atoms with Crippen LogP contribution < -0.4 is 4.74 Å². The highest BCUT2D eigenvalue weighted by molar-refractivity contribution is 5.98. The number of benzene rings is 1. The van der Waals surface area contributed by atoms with Crippen LogP contribution in [-0.4, -0.2) is 49.6 Å². The molecule has 1 aliphatic rings. The average molecular weight is 430 g/mol. The smallest absolute Gasteiger partial charge is 0.256 e. The molecule has 9 nitrogen and oxygen atoms in total. The van der Waals surface area contributed by atoms with Gasteiger partial charge in [-0.2, -0.15) is 15.0 Å². The Balaban J connectivity index is 1.47. The maximum atomic E-state index is 13.6. The summed E-state index contributed by atoms with van der Waals surface area (Å²) in [6, 6.07) is 11.0. The molecule has 1 aromatic carbocycles. The highest BCUT2D eigenvalue weighted by Gasteiger charge is 2.35. The number of hydrogen-bond donors (Lipinski definition) is 0. The number of methoxy groups -OCH3 is 1. The molecule has 32 heavy (non-hydrogen) atoms. The number of hydrogen-bond acceptors (Lipinski definition) is 7. The minimum atomic E-state index is -0.203. The number of carbonyl (C=O) groups excluding carboxylic acids is 1. The summed E-state index contributed by atoms with van der Waals surface area (Å²) >= 11 is 0. The van der Waals surface area contributed by atoms with Crippen molar-refractivity contribution in [3.63, 3.8) is 0 Å². The Bertz CT molecular complexity index is 1250. The third-order valence-corrected chi connectivity index (χ3v) is 5.63. The van der Waals surface area contributed by atoms with Gasteiger partial charge >= 0.3 is 0 Å². The van der Waals surface area contributed by atoms with E-state index in [0.717, 1.165) is 24.0 Å². The standard InChI is InChI=1S/C23H22N6O3/c1-15-7-8-19(29-25-10-11-26-29)17(13-15)23(30)28-12-4-6-20(28)21-14-18(27-32-21)16-5-3-9-24-22(16)31-2/h3,5,7-11,13-14,20H,4,6,12H2,1-2H3. The van der Waals surface area contributed by atoms with Gasteiger partial charge in [0.15, 0.2) is 5.76 Å². The zero-order valence-corrected chi connectivity index (χ0v) is 17.8. The Morgan fingerprint density at radius 3 is 2.81 bits per heavy atom. The summed E-state index contributed by atoms with van der Waals surface area (Å²) in [5.41, 5.74) is 3.56. The minimum absolute atomic E-state index is 0.0830. The lowest BCUT2D eigenvalue weighted by Crippen LogP contribution is -2.31. The fourth-order valence-electron chi connectivity index (χ4n) is 4.12. The van der Waals surface area contributed by atoms with E-state index >= 15 is 0 Å². The lowest BCUT2D eigenvalue weighted by molar-refractivity contribution is 0.0714. The largest absolute Gasteiger partial charge is 0.481 e. The average Bonchev–Trinajstić information content (AvgIpc) is 3.59. The Morgan fingerprint density at radius 1 is 1.16 bits per heavy atom. The fraction of sp³-hybridized carbons (Fsp3) is 0.261. The number of carbonyl (C=O) groups is 1. The molecule has 4 aromatic rings. The van der Waals surface area contributed by atoms with E-state index in [1.54, 1.807) is 25.7 Å². The second kappa shape index (κ2) is 8.26. The molecule has 1 unspecified atom stereocenters. The number of likely N-dealkylation sites (tertiary alicyclic amines) is 1. The van der Waals surface area contributed by atoms with Crippen LogP contribution in [0, 0.1) is 6.92 Å². The van der Waals surface area contributed by atoms with Crippen molar-refractivity contribution >= 4 is 5.91 Å². The first-order valence-electron chi connectivity index (χ1n) is 10.4. The van der Waals surface area contributed by atoms with Gasteiger partial charge in [0.2, 0.25) is 5.88 Å². The summed E-state index contributed by atoms with van der Waals surface area (Å²) in [7, 11) is 1.57. The highest BCUT2D eigenvalue weighted by Crippen LogP contribution is 2.36. The Kier molecular flexibility index (Phi) is 5.14. The number of aromatic nitrogens is 5. The summed E-state index contributed by atoms with van der Waals surface area (Å²) in [5, 5.41) is 12.6. The predicted molar refractivity (Wildman–Crippen MR) is 115 cm³/mol. The van der Waals surface area contributed by atoms with Crippen LogP contribution in [0.3, 0.4) is 0 Å². The van der Waals surface area contributed by atoms with Crippen molar-refractivity contribution in [3.05, 3.63) is 71.9 Å². The lowest BCUT2D eigenvalue weighted by atomic mass is 10.1. The monoisotopic (exact) mass is 430 g/mol. The van der Waals surface area contributed by atoms with Crippen LogP contribution in [0.4, 0.5) is 0 Å². The van der Waals surface area contributed by atoms with Crippen molar-refractivity contribution in [1.29, 1.82) is 0 Å². The lowest BCUT2D eigenvalue weighted by Gasteiger charge is -2.24. The van der Waals surface area contributed by atoms with Crippen molar-refractivity contribution < 1.29 is 14.1 Å². The second-order valence-electron chi connectivity index (χ2n) is 7.67.